The Labute approximate surface area is 307 Å². The Morgan fingerprint density at radius 3 is 1.72 bits per heavy atom. The summed E-state index contributed by atoms with van der Waals surface area (Å²) in [6.45, 7) is 13.5. The van der Waals surface area contributed by atoms with Crippen molar-refractivity contribution in [1.29, 1.82) is 0 Å². The van der Waals surface area contributed by atoms with Crippen molar-refractivity contribution in [3.8, 4) is 0 Å². The van der Waals surface area contributed by atoms with Gasteiger partial charge in [-0.15, -0.1) is 0 Å². The van der Waals surface area contributed by atoms with Crippen LogP contribution in [0.2, 0.25) is 0 Å². The maximum absolute atomic E-state index is 14.5. The topological polar surface area (TPSA) is 189 Å². The molecular formula is C40H46O13. The van der Waals surface area contributed by atoms with Crippen LogP contribution < -0.4 is 0 Å². The first-order valence-electron chi connectivity index (χ1n) is 17.1. The zero-order valence-corrected chi connectivity index (χ0v) is 30.8. The molecule has 0 amide bonds. The molecule has 2 N–H and O–H groups in total. The normalized spacial score (nSPS) is 31.2. The number of aliphatic hydroxyl groups is 2. The maximum atomic E-state index is 14.5. The molecule has 9 atom stereocenters. The van der Waals surface area contributed by atoms with E-state index in [9.17, 15) is 39.0 Å². The van der Waals surface area contributed by atoms with Gasteiger partial charge in [0.05, 0.1) is 17.0 Å². The van der Waals surface area contributed by atoms with Crippen molar-refractivity contribution >= 4 is 35.6 Å². The number of ketones is 1. The third kappa shape index (κ3) is 8.74. The molecule has 1 fully saturated rings. The monoisotopic (exact) mass is 734 g/mol. The van der Waals surface area contributed by atoms with Gasteiger partial charge in [0.2, 0.25) is 0 Å². The smallest absolute Gasteiger partial charge is 0.338 e. The largest absolute Gasteiger partial charge is 0.458 e. The van der Waals surface area contributed by atoms with Crippen LogP contribution in [-0.2, 0) is 42.9 Å². The van der Waals surface area contributed by atoms with Gasteiger partial charge < -0.3 is 33.9 Å². The number of allylic oxidation sites excluding steroid dienone is 1. The van der Waals surface area contributed by atoms with Gasteiger partial charge in [-0.1, -0.05) is 75.9 Å². The Morgan fingerprint density at radius 2 is 1.25 bits per heavy atom. The molecule has 53 heavy (non-hydrogen) atoms. The molecule has 0 aromatic heterocycles. The summed E-state index contributed by atoms with van der Waals surface area (Å²) in [6.07, 6.45) is -6.42. The summed E-state index contributed by atoms with van der Waals surface area (Å²) >= 11 is 0. The van der Waals surface area contributed by atoms with Crippen LogP contribution >= 0.6 is 0 Å². The van der Waals surface area contributed by atoms with Crippen molar-refractivity contribution in [2.45, 2.75) is 96.6 Å². The molecule has 2 aliphatic rings. The van der Waals surface area contributed by atoms with Crippen LogP contribution in [0.5, 0.6) is 0 Å². The molecule has 2 aromatic carbocycles. The molecule has 13 heteroatoms. The molecule has 0 heterocycles. The van der Waals surface area contributed by atoms with Gasteiger partial charge in [-0.25, -0.2) is 9.59 Å². The highest BCUT2D eigenvalue weighted by molar-refractivity contribution is 5.93. The predicted octanol–water partition coefficient (Wildman–Crippen LogP) is 4.09. The molecule has 1 saturated carbocycles. The number of hydrogen-bond donors (Lipinski definition) is 2. The van der Waals surface area contributed by atoms with Crippen LogP contribution in [-0.4, -0.2) is 87.6 Å². The highest BCUT2D eigenvalue weighted by Gasteiger charge is 2.68. The fraction of sp³-hybridized carbons (Fsp3) is 0.450. The van der Waals surface area contributed by atoms with Crippen LogP contribution in [0.25, 0.3) is 0 Å². The molecule has 13 nitrogen and oxygen atoms in total. The lowest BCUT2D eigenvalue weighted by Gasteiger charge is -2.43. The van der Waals surface area contributed by atoms with Gasteiger partial charge >= 0.3 is 29.8 Å². The van der Waals surface area contributed by atoms with Crippen molar-refractivity contribution in [3.63, 3.8) is 0 Å². The molecule has 4 rings (SSSR count). The summed E-state index contributed by atoms with van der Waals surface area (Å²) in [5.74, 6) is -8.21. The molecule has 0 saturated heterocycles. The summed E-state index contributed by atoms with van der Waals surface area (Å²) in [7, 11) is 0. The zero-order chi connectivity index (χ0) is 39.5. The highest BCUT2D eigenvalue weighted by Crippen LogP contribution is 2.51. The van der Waals surface area contributed by atoms with Crippen LogP contribution in [0.15, 0.2) is 85.0 Å². The molecule has 2 aromatic rings. The van der Waals surface area contributed by atoms with E-state index in [1.807, 2.05) is 0 Å². The first kappa shape index (κ1) is 40.6. The second-order valence-electron chi connectivity index (χ2n) is 14.4. The fourth-order valence-electron chi connectivity index (χ4n) is 7.17. The van der Waals surface area contributed by atoms with Crippen LogP contribution in [0.1, 0.15) is 75.6 Å². The zero-order valence-electron chi connectivity index (χ0n) is 30.8. The van der Waals surface area contributed by atoms with Gasteiger partial charge in [0, 0.05) is 44.1 Å². The Bertz CT molecular complexity index is 1770. The second-order valence-corrected chi connectivity index (χ2v) is 14.4. The summed E-state index contributed by atoms with van der Waals surface area (Å²) in [6, 6.07) is 15.4. The van der Waals surface area contributed by atoms with E-state index in [1.165, 1.54) is 50.3 Å². The second kappa shape index (κ2) is 15.8. The number of aliphatic hydroxyl groups excluding tert-OH is 1. The Morgan fingerprint density at radius 1 is 0.755 bits per heavy atom. The van der Waals surface area contributed by atoms with E-state index in [0.29, 0.717) is 0 Å². The quantitative estimate of drug-likeness (QED) is 0.235. The van der Waals surface area contributed by atoms with Crippen molar-refractivity contribution < 1.29 is 62.7 Å². The molecule has 0 spiro atoms. The van der Waals surface area contributed by atoms with Crippen molar-refractivity contribution in [3.05, 3.63) is 96.1 Å². The minimum absolute atomic E-state index is 0.0288. The maximum Gasteiger partial charge on any atom is 0.338 e. The average molecular weight is 735 g/mol. The Hall–Kier alpha value is -5.14. The van der Waals surface area contributed by atoms with Crippen LogP contribution in [0, 0.1) is 17.3 Å². The molecule has 2 aliphatic carbocycles. The number of esters is 5. The van der Waals surface area contributed by atoms with Crippen molar-refractivity contribution in [2.24, 2.45) is 17.3 Å². The van der Waals surface area contributed by atoms with E-state index >= 15 is 0 Å². The fourth-order valence-corrected chi connectivity index (χ4v) is 7.17. The molecule has 0 bridgehead atoms. The van der Waals surface area contributed by atoms with Gasteiger partial charge in [0.25, 0.3) is 0 Å². The number of fused-ring (bicyclic) bond motifs is 1. The molecule has 284 valence electrons. The number of rotatable bonds is 7. The third-order valence-electron chi connectivity index (χ3n) is 9.64. The molecule has 0 radical (unpaired) electrons. The number of carbonyl (C=O) groups is 6. The summed E-state index contributed by atoms with van der Waals surface area (Å²) < 4.78 is 29.3. The van der Waals surface area contributed by atoms with E-state index in [0.717, 1.165) is 20.8 Å². The van der Waals surface area contributed by atoms with Gasteiger partial charge in [0.15, 0.2) is 24.1 Å². The lowest BCUT2D eigenvalue weighted by Crippen LogP contribution is -2.58. The van der Waals surface area contributed by atoms with Crippen LogP contribution in [0.4, 0.5) is 0 Å². The lowest BCUT2D eigenvalue weighted by molar-refractivity contribution is -0.183. The number of Topliss-reactive ketones (excluding diaryl/α,β-unsaturated/α-hetero) is 1. The number of carbonyl (C=O) groups excluding carboxylic acids is 6. The van der Waals surface area contributed by atoms with Gasteiger partial charge in [-0.05, 0) is 31.2 Å². The minimum atomic E-state index is -2.57. The number of benzene rings is 2. The van der Waals surface area contributed by atoms with E-state index in [-0.39, 0.29) is 16.7 Å². The van der Waals surface area contributed by atoms with Crippen LogP contribution in [0.3, 0.4) is 0 Å². The average Bonchev–Trinajstić information content (AvgIpc) is 3.29. The molecule has 9 unspecified atom stereocenters. The van der Waals surface area contributed by atoms with E-state index in [2.05, 4.69) is 6.58 Å². The van der Waals surface area contributed by atoms with Crippen molar-refractivity contribution in [1.82, 2.24) is 0 Å². The molecular weight excluding hydrogens is 688 g/mol. The molecule has 0 aliphatic heterocycles. The highest BCUT2D eigenvalue weighted by atomic mass is 16.6. The lowest BCUT2D eigenvalue weighted by atomic mass is 9.72. The summed E-state index contributed by atoms with van der Waals surface area (Å²) in [5, 5.41) is 24.6. The number of hydrogen-bond acceptors (Lipinski definition) is 13. The first-order valence-corrected chi connectivity index (χ1v) is 17.1. The summed E-state index contributed by atoms with van der Waals surface area (Å²) in [4.78, 5) is 80.0. The van der Waals surface area contributed by atoms with Crippen molar-refractivity contribution in [2.75, 3.05) is 0 Å². The van der Waals surface area contributed by atoms with Gasteiger partial charge in [0.1, 0.15) is 23.4 Å². The standard InChI is InChI=1S/C40H46O13/c1-22-19-20-38(6,7)35(50-25(4)42)32(49-24(3)41)31(52-37(47)28-17-13-10-14-18-28)23(2)30(51-36(46)27-15-11-9-12-16-27)29-34(45)39(8,53-26(5)43)21-40(29,48)33(22)44/h9-20,22,29-32,34-35,45,48H,2,21H2,1,3-8H3. The van der Waals surface area contributed by atoms with E-state index < -0.39 is 101 Å². The number of ether oxygens (including phenoxy) is 5. The van der Waals surface area contributed by atoms with E-state index in [1.54, 1.807) is 50.2 Å². The SMILES string of the molecule is C=C1C(OC(=O)c2ccccc2)C(OC(C)=O)C(OC(C)=O)C(C)(C)C=CC(C)C(=O)C2(O)CC(C)(OC(C)=O)C(O)C2C1OC(=O)c1ccccc1. The third-order valence-corrected chi connectivity index (χ3v) is 9.64. The van der Waals surface area contributed by atoms with Gasteiger partial charge in [-0.3, -0.25) is 19.2 Å². The Balaban J connectivity index is 2.08. The minimum Gasteiger partial charge on any atom is -0.458 e. The van der Waals surface area contributed by atoms with Gasteiger partial charge in [-0.2, -0.15) is 0 Å². The predicted molar refractivity (Wildman–Crippen MR) is 188 cm³/mol. The summed E-state index contributed by atoms with van der Waals surface area (Å²) in [5.41, 5.74) is -6.04. The first-order chi connectivity index (χ1) is 24.7. The van der Waals surface area contributed by atoms with E-state index in [4.69, 9.17) is 23.7 Å². The Kier molecular flexibility index (Phi) is 12.1.